The van der Waals surface area contributed by atoms with Crippen LogP contribution in [0.25, 0.3) is 5.13 Å². The standard InChI is InChI=1S/C11H16N4OS/c1-6(2)10-9(5-16)13-14-15(10)11-12-7(3)8(4)17-11/h6,16H,5H2,1-4H3. The summed E-state index contributed by atoms with van der Waals surface area (Å²) in [5.74, 6) is 0.247. The maximum atomic E-state index is 9.25. The highest BCUT2D eigenvalue weighted by molar-refractivity contribution is 7.14. The fourth-order valence-electron chi connectivity index (χ4n) is 1.70. The summed E-state index contributed by atoms with van der Waals surface area (Å²) in [4.78, 5) is 5.65. The van der Waals surface area contributed by atoms with Crippen LogP contribution in [0.15, 0.2) is 0 Å². The number of hydrogen-bond donors (Lipinski definition) is 1. The van der Waals surface area contributed by atoms with Crippen molar-refractivity contribution >= 4 is 11.3 Å². The third-order valence-electron chi connectivity index (χ3n) is 2.67. The molecule has 0 aliphatic carbocycles. The molecule has 2 aromatic rings. The van der Waals surface area contributed by atoms with Crippen molar-refractivity contribution in [3.63, 3.8) is 0 Å². The number of thiazole rings is 1. The fraction of sp³-hybridized carbons (Fsp3) is 0.545. The van der Waals surface area contributed by atoms with Gasteiger partial charge >= 0.3 is 0 Å². The zero-order valence-corrected chi connectivity index (χ0v) is 11.2. The molecule has 0 unspecified atom stereocenters. The van der Waals surface area contributed by atoms with E-state index in [1.54, 1.807) is 16.0 Å². The van der Waals surface area contributed by atoms with Gasteiger partial charge in [0.15, 0.2) is 0 Å². The van der Waals surface area contributed by atoms with Crippen LogP contribution in [0.5, 0.6) is 0 Å². The van der Waals surface area contributed by atoms with E-state index in [9.17, 15) is 5.11 Å². The minimum Gasteiger partial charge on any atom is -0.390 e. The van der Waals surface area contributed by atoms with Crippen LogP contribution in [0, 0.1) is 13.8 Å². The highest BCUT2D eigenvalue weighted by Crippen LogP contribution is 2.25. The number of aryl methyl sites for hydroxylation is 2. The van der Waals surface area contributed by atoms with Gasteiger partial charge in [-0.3, -0.25) is 0 Å². The molecule has 0 atom stereocenters. The predicted molar refractivity (Wildman–Crippen MR) is 66.5 cm³/mol. The average molecular weight is 252 g/mol. The van der Waals surface area contributed by atoms with Crippen molar-refractivity contribution in [1.82, 2.24) is 20.0 Å². The lowest BCUT2D eigenvalue weighted by atomic mass is 10.1. The van der Waals surface area contributed by atoms with Crippen LogP contribution in [0.3, 0.4) is 0 Å². The lowest BCUT2D eigenvalue weighted by Crippen LogP contribution is -2.05. The first-order chi connectivity index (χ1) is 8.04. The molecule has 0 saturated heterocycles. The number of rotatable bonds is 3. The topological polar surface area (TPSA) is 63.8 Å². The Morgan fingerprint density at radius 1 is 1.35 bits per heavy atom. The van der Waals surface area contributed by atoms with E-state index in [2.05, 4.69) is 29.1 Å². The smallest absolute Gasteiger partial charge is 0.212 e. The molecule has 0 amide bonds. The Kier molecular flexibility index (Phi) is 3.26. The maximum Gasteiger partial charge on any atom is 0.212 e. The second-order valence-electron chi connectivity index (χ2n) is 4.28. The number of aliphatic hydroxyl groups is 1. The van der Waals surface area contributed by atoms with Crippen molar-refractivity contribution in [2.45, 2.75) is 40.2 Å². The molecule has 0 aliphatic rings. The Morgan fingerprint density at radius 2 is 2.06 bits per heavy atom. The first-order valence-corrected chi connectivity index (χ1v) is 6.36. The molecule has 2 aromatic heterocycles. The molecule has 17 heavy (non-hydrogen) atoms. The zero-order valence-electron chi connectivity index (χ0n) is 10.4. The average Bonchev–Trinajstić information content (AvgIpc) is 2.83. The number of nitrogens with zero attached hydrogens (tertiary/aromatic N) is 4. The summed E-state index contributed by atoms with van der Waals surface area (Å²) >= 11 is 1.59. The quantitative estimate of drug-likeness (QED) is 0.907. The summed E-state index contributed by atoms with van der Waals surface area (Å²) in [6, 6.07) is 0. The molecule has 1 N–H and O–H groups in total. The third kappa shape index (κ3) is 2.10. The maximum absolute atomic E-state index is 9.25. The molecule has 6 heteroatoms. The van der Waals surface area contributed by atoms with Gasteiger partial charge in [0.1, 0.15) is 5.69 Å². The Labute approximate surface area is 104 Å². The number of aliphatic hydroxyl groups excluding tert-OH is 1. The van der Waals surface area contributed by atoms with Crippen LogP contribution in [0.2, 0.25) is 0 Å². The molecule has 0 bridgehead atoms. The Balaban J connectivity index is 2.55. The minimum absolute atomic E-state index is 0.0865. The normalized spacial score (nSPS) is 11.4. The van der Waals surface area contributed by atoms with Crippen LogP contribution >= 0.6 is 11.3 Å². The van der Waals surface area contributed by atoms with Crippen LogP contribution in [-0.4, -0.2) is 25.1 Å². The Morgan fingerprint density at radius 3 is 2.53 bits per heavy atom. The van der Waals surface area contributed by atoms with Crippen molar-refractivity contribution in [3.8, 4) is 5.13 Å². The second-order valence-corrected chi connectivity index (χ2v) is 5.47. The molecular formula is C11H16N4OS. The molecular weight excluding hydrogens is 236 g/mol. The third-order valence-corrected chi connectivity index (χ3v) is 3.72. The summed E-state index contributed by atoms with van der Waals surface area (Å²) in [5.41, 5.74) is 2.58. The van der Waals surface area contributed by atoms with Crippen molar-refractivity contribution < 1.29 is 5.11 Å². The van der Waals surface area contributed by atoms with Gasteiger partial charge in [0, 0.05) is 4.88 Å². The van der Waals surface area contributed by atoms with Crippen molar-refractivity contribution in [2.75, 3.05) is 0 Å². The van der Waals surface area contributed by atoms with E-state index in [4.69, 9.17) is 0 Å². The van der Waals surface area contributed by atoms with Gasteiger partial charge in [-0.2, -0.15) is 4.68 Å². The summed E-state index contributed by atoms with van der Waals surface area (Å²) in [6.07, 6.45) is 0. The zero-order chi connectivity index (χ0) is 12.6. The van der Waals surface area contributed by atoms with Crippen LogP contribution in [0.4, 0.5) is 0 Å². The molecule has 2 heterocycles. The minimum atomic E-state index is -0.0865. The highest BCUT2D eigenvalue weighted by atomic mass is 32.1. The number of aromatic nitrogens is 4. The largest absolute Gasteiger partial charge is 0.390 e. The molecule has 0 aromatic carbocycles. The van der Waals surface area contributed by atoms with Crippen LogP contribution < -0.4 is 0 Å². The molecule has 5 nitrogen and oxygen atoms in total. The fourth-order valence-corrected chi connectivity index (χ4v) is 2.57. The van der Waals surface area contributed by atoms with Gasteiger partial charge in [0.25, 0.3) is 0 Å². The van der Waals surface area contributed by atoms with Crippen molar-refractivity contribution in [3.05, 3.63) is 22.0 Å². The van der Waals surface area contributed by atoms with Gasteiger partial charge in [-0.05, 0) is 19.8 Å². The molecule has 0 fully saturated rings. The van der Waals surface area contributed by atoms with Crippen LogP contribution in [-0.2, 0) is 6.61 Å². The van der Waals surface area contributed by atoms with Gasteiger partial charge in [-0.1, -0.05) is 30.4 Å². The first-order valence-electron chi connectivity index (χ1n) is 5.54. The first kappa shape index (κ1) is 12.2. The Bertz CT molecular complexity index is 510. The van der Waals surface area contributed by atoms with Crippen molar-refractivity contribution in [2.24, 2.45) is 0 Å². The van der Waals surface area contributed by atoms with Gasteiger partial charge in [-0.15, -0.1) is 5.10 Å². The number of hydrogen-bond acceptors (Lipinski definition) is 5. The van der Waals surface area contributed by atoms with E-state index in [0.29, 0.717) is 5.69 Å². The SMILES string of the molecule is Cc1nc(-n2nnc(CO)c2C(C)C)sc1C. The molecule has 92 valence electrons. The summed E-state index contributed by atoms with van der Waals surface area (Å²) in [5, 5.41) is 18.2. The Hall–Kier alpha value is -1.27. The molecule has 0 radical (unpaired) electrons. The lowest BCUT2D eigenvalue weighted by molar-refractivity contribution is 0.275. The van der Waals surface area contributed by atoms with E-state index in [1.165, 1.54) is 4.88 Å². The van der Waals surface area contributed by atoms with E-state index in [1.807, 2.05) is 13.8 Å². The van der Waals surface area contributed by atoms with E-state index in [0.717, 1.165) is 16.5 Å². The molecule has 2 rings (SSSR count). The van der Waals surface area contributed by atoms with Gasteiger partial charge in [0.05, 0.1) is 18.0 Å². The summed E-state index contributed by atoms with van der Waals surface area (Å²) < 4.78 is 1.74. The van der Waals surface area contributed by atoms with Gasteiger partial charge in [-0.25, -0.2) is 4.98 Å². The monoisotopic (exact) mass is 252 g/mol. The summed E-state index contributed by atoms with van der Waals surface area (Å²) in [7, 11) is 0. The lowest BCUT2D eigenvalue weighted by Gasteiger charge is -2.07. The van der Waals surface area contributed by atoms with Gasteiger partial charge < -0.3 is 5.11 Å². The van der Waals surface area contributed by atoms with Crippen molar-refractivity contribution in [1.29, 1.82) is 0 Å². The predicted octanol–water partition coefficient (Wildman–Crippen LogP) is 1.96. The molecule has 0 saturated carbocycles. The molecule has 0 spiro atoms. The van der Waals surface area contributed by atoms with E-state index >= 15 is 0 Å². The molecule has 0 aliphatic heterocycles. The highest BCUT2D eigenvalue weighted by Gasteiger charge is 2.19. The van der Waals surface area contributed by atoms with E-state index < -0.39 is 0 Å². The van der Waals surface area contributed by atoms with Crippen LogP contribution in [0.1, 0.15) is 41.7 Å². The second kappa shape index (κ2) is 4.54. The summed E-state index contributed by atoms with van der Waals surface area (Å²) in [6.45, 7) is 8.05. The van der Waals surface area contributed by atoms with Gasteiger partial charge in [0.2, 0.25) is 5.13 Å². The van der Waals surface area contributed by atoms with E-state index in [-0.39, 0.29) is 12.5 Å².